The SMILES string of the molecule is CCOc1ccccc1C(=O)Oc1cccc(C(=O)OCC2CCCO2)c1. The molecule has 1 aliphatic heterocycles. The van der Waals surface area contributed by atoms with Gasteiger partial charge in [-0.25, -0.2) is 9.59 Å². The number of ether oxygens (including phenoxy) is 4. The molecular formula is C21H22O6. The summed E-state index contributed by atoms with van der Waals surface area (Å²) in [6.07, 6.45) is 1.84. The van der Waals surface area contributed by atoms with E-state index in [1.54, 1.807) is 42.5 Å². The smallest absolute Gasteiger partial charge is 0.347 e. The molecule has 1 aliphatic rings. The molecule has 0 bridgehead atoms. The first-order valence-electron chi connectivity index (χ1n) is 9.00. The summed E-state index contributed by atoms with van der Waals surface area (Å²) in [4.78, 5) is 24.7. The monoisotopic (exact) mass is 370 g/mol. The molecular weight excluding hydrogens is 348 g/mol. The van der Waals surface area contributed by atoms with Crippen LogP contribution < -0.4 is 9.47 Å². The quantitative estimate of drug-likeness (QED) is 0.547. The second-order valence-corrected chi connectivity index (χ2v) is 6.08. The van der Waals surface area contributed by atoms with Crippen LogP contribution >= 0.6 is 0 Å². The van der Waals surface area contributed by atoms with Crippen molar-refractivity contribution in [1.82, 2.24) is 0 Å². The molecule has 1 atom stereocenters. The lowest BCUT2D eigenvalue weighted by molar-refractivity contribution is 0.0161. The van der Waals surface area contributed by atoms with Gasteiger partial charge in [-0.2, -0.15) is 0 Å². The van der Waals surface area contributed by atoms with Gasteiger partial charge < -0.3 is 18.9 Å². The number of carbonyl (C=O) groups excluding carboxylic acids is 2. The maximum Gasteiger partial charge on any atom is 0.347 e. The van der Waals surface area contributed by atoms with Crippen molar-refractivity contribution in [2.24, 2.45) is 0 Å². The third-order valence-corrected chi connectivity index (χ3v) is 4.11. The molecule has 1 heterocycles. The molecule has 0 radical (unpaired) electrons. The Labute approximate surface area is 158 Å². The summed E-state index contributed by atoms with van der Waals surface area (Å²) in [5.41, 5.74) is 0.641. The third kappa shape index (κ3) is 5.08. The van der Waals surface area contributed by atoms with Crippen LogP contribution in [0.5, 0.6) is 11.5 Å². The lowest BCUT2D eigenvalue weighted by atomic mass is 10.2. The summed E-state index contributed by atoms with van der Waals surface area (Å²) in [7, 11) is 0. The zero-order valence-electron chi connectivity index (χ0n) is 15.2. The summed E-state index contributed by atoms with van der Waals surface area (Å²) < 4.78 is 21.6. The van der Waals surface area contributed by atoms with Crippen LogP contribution in [0.15, 0.2) is 48.5 Å². The van der Waals surface area contributed by atoms with Crippen molar-refractivity contribution in [2.75, 3.05) is 19.8 Å². The van der Waals surface area contributed by atoms with Crippen molar-refractivity contribution < 1.29 is 28.5 Å². The molecule has 1 fully saturated rings. The molecule has 0 amide bonds. The first kappa shape index (κ1) is 18.9. The number of carbonyl (C=O) groups is 2. The Balaban J connectivity index is 1.64. The number of para-hydroxylation sites is 1. The van der Waals surface area contributed by atoms with Gasteiger partial charge in [0.2, 0.25) is 0 Å². The highest BCUT2D eigenvalue weighted by Gasteiger charge is 2.19. The maximum absolute atomic E-state index is 12.5. The molecule has 0 saturated carbocycles. The van der Waals surface area contributed by atoms with Crippen molar-refractivity contribution in [3.8, 4) is 11.5 Å². The Morgan fingerprint density at radius 2 is 1.96 bits per heavy atom. The van der Waals surface area contributed by atoms with Gasteiger partial charge in [0.15, 0.2) is 0 Å². The van der Waals surface area contributed by atoms with E-state index < -0.39 is 11.9 Å². The molecule has 3 rings (SSSR count). The summed E-state index contributed by atoms with van der Waals surface area (Å²) >= 11 is 0. The van der Waals surface area contributed by atoms with Crippen LogP contribution in [-0.4, -0.2) is 37.9 Å². The van der Waals surface area contributed by atoms with E-state index in [2.05, 4.69) is 0 Å². The topological polar surface area (TPSA) is 71.1 Å². The number of hydrogen-bond donors (Lipinski definition) is 0. The van der Waals surface area contributed by atoms with E-state index in [1.807, 2.05) is 6.92 Å². The Kier molecular flexibility index (Phi) is 6.44. The minimum absolute atomic E-state index is 0.0370. The summed E-state index contributed by atoms with van der Waals surface area (Å²) in [6, 6.07) is 13.2. The zero-order valence-corrected chi connectivity index (χ0v) is 15.2. The molecule has 2 aromatic rings. The third-order valence-electron chi connectivity index (χ3n) is 4.11. The summed E-state index contributed by atoms with van der Waals surface area (Å²) in [5.74, 6) is -0.308. The van der Waals surface area contributed by atoms with E-state index in [1.165, 1.54) is 6.07 Å². The fraction of sp³-hybridized carbons (Fsp3) is 0.333. The van der Waals surface area contributed by atoms with E-state index in [0.29, 0.717) is 30.1 Å². The average molecular weight is 370 g/mol. The number of hydrogen-bond acceptors (Lipinski definition) is 6. The van der Waals surface area contributed by atoms with Gasteiger partial charge >= 0.3 is 11.9 Å². The number of benzene rings is 2. The van der Waals surface area contributed by atoms with Gasteiger partial charge in [-0.3, -0.25) is 0 Å². The van der Waals surface area contributed by atoms with Crippen LogP contribution in [0.25, 0.3) is 0 Å². The fourth-order valence-electron chi connectivity index (χ4n) is 2.79. The standard InChI is InChI=1S/C21H22O6/c1-2-24-19-11-4-3-10-18(19)21(23)27-16-8-5-7-15(13-16)20(22)26-14-17-9-6-12-25-17/h3-5,7-8,10-11,13,17H,2,6,9,12,14H2,1H3. The zero-order chi connectivity index (χ0) is 19.1. The molecule has 6 nitrogen and oxygen atoms in total. The first-order chi connectivity index (χ1) is 13.2. The Morgan fingerprint density at radius 1 is 1.11 bits per heavy atom. The van der Waals surface area contributed by atoms with Gasteiger partial charge in [0, 0.05) is 6.61 Å². The minimum Gasteiger partial charge on any atom is -0.493 e. The predicted octanol–water partition coefficient (Wildman–Crippen LogP) is 3.64. The Hall–Kier alpha value is -2.86. The molecule has 1 unspecified atom stereocenters. The van der Waals surface area contributed by atoms with E-state index in [0.717, 1.165) is 12.8 Å². The highest BCUT2D eigenvalue weighted by atomic mass is 16.6. The molecule has 0 spiro atoms. The van der Waals surface area contributed by atoms with Crippen molar-refractivity contribution in [3.63, 3.8) is 0 Å². The maximum atomic E-state index is 12.5. The van der Waals surface area contributed by atoms with Crippen LogP contribution in [0.2, 0.25) is 0 Å². The molecule has 142 valence electrons. The Bertz CT molecular complexity index is 795. The van der Waals surface area contributed by atoms with Crippen molar-refractivity contribution in [3.05, 3.63) is 59.7 Å². The number of esters is 2. The van der Waals surface area contributed by atoms with Crippen LogP contribution in [0.4, 0.5) is 0 Å². The van der Waals surface area contributed by atoms with Gasteiger partial charge in [-0.1, -0.05) is 18.2 Å². The van der Waals surface area contributed by atoms with Crippen molar-refractivity contribution in [2.45, 2.75) is 25.9 Å². The van der Waals surface area contributed by atoms with Gasteiger partial charge in [-0.05, 0) is 50.1 Å². The molecule has 0 aliphatic carbocycles. The molecule has 1 saturated heterocycles. The lowest BCUT2D eigenvalue weighted by Gasteiger charge is -2.11. The first-order valence-corrected chi connectivity index (χ1v) is 9.00. The average Bonchev–Trinajstić information content (AvgIpc) is 3.20. The van der Waals surface area contributed by atoms with Crippen LogP contribution in [-0.2, 0) is 9.47 Å². The summed E-state index contributed by atoms with van der Waals surface area (Å²) in [6.45, 7) is 3.21. The highest BCUT2D eigenvalue weighted by Crippen LogP contribution is 2.22. The van der Waals surface area contributed by atoms with Crippen LogP contribution in [0.1, 0.15) is 40.5 Å². The normalized spacial score (nSPS) is 16.0. The van der Waals surface area contributed by atoms with Gasteiger partial charge in [0.1, 0.15) is 23.7 Å². The number of rotatable bonds is 7. The van der Waals surface area contributed by atoms with Gasteiger partial charge in [-0.15, -0.1) is 0 Å². The van der Waals surface area contributed by atoms with E-state index in [4.69, 9.17) is 18.9 Å². The second kappa shape index (κ2) is 9.19. The van der Waals surface area contributed by atoms with Gasteiger partial charge in [0.05, 0.1) is 18.3 Å². The minimum atomic E-state index is -0.552. The molecule has 0 N–H and O–H groups in total. The van der Waals surface area contributed by atoms with Crippen LogP contribution in [0, 0.1) is 0 Å². The molecule has 0 aromatic heterocycles. The van der Waals surface area contributed by atoms with Crippen LogP contribution in [0.3, 0.4) is 0 Å². The molecule has 2 aromatic carbocycles. The molecule has 6 heteroatoms. The van der Waals surface area contributed by atoms with E-state index in [9.17, 15) is 9.59 Å². The highest BCUT2D eigenvalue weighted by molar-refractivity contribution is 5.94. The Morgan fingerprint density at radius 3 is 2.74 bits per heavy atom. The summed E-state index contributed by atoms with van der Waals surface area (Å²) in [5, 5.41) is 0. The van der Waals surface area contributed by atoms with E-state index >= 15 is 0 Å². The van der Waals surface area contributed by atoms with Gasteiger partial charge in [0.25, 0.3) is 0 Å². The van der Waals surface area contributed by atoms with Crippen molar-refractivity contribution in [1.29, 1.82) is 0 Å². The van der Waals surface area contributed by atoms with E-state index in [-0.39, 0.29) is 18.5 Å². The van der Waals surface area contributed by atoms with Crippen molar-refractivity contribution >= 4 is 11.9 Å². The predicted molar refractivity (Wildman–Crippen MR) is 98.3 cm³/mol. The molecule has 27 heavy (non-hydrogen) atoms. The lowest BCUT2D eigenvalue weighted by Crippen LogP contribution is -2.18. The fourth-order valence-corrected chi connectivity index (χ4v) is 2.79. The largest absolute Gasteiger partial charge is 0.493 e. The second-order valence-electron chi connectivity index (χ2n) is 6.08.